The molecule has 2 aromatic rings. The molecule has 0 fully saturated rings. The van der Waals surface area contributed by atoms with Crippen LogP contribution < -0.4 is 5.32 Å². The molecule has 0 atom stereocenters. The molecule has 104 valence electrons. The van der Waals surface area contributed by atoms with Gasteiger partial charge >= 0.3 is 0 Å². The second kappa shape index (κ2) is 6.82. The summed E-state index contributed by atoms with van der Waals surface area (Å²) in [7, 11) is 0. The van der Waals surface area contributed by atoms with Gasteiger partial charge in [-0.25, -0.2) is 0 Å². The Bertz CT molecular complexity index is 628. The van der Waals surface area contributed by atoms with Gasteiger partial charge in [0.1, 0.15) is 0 Å². The first-order valence-corrected chi connectivity index (χ1v) is 7.77. The van der Waals surface area contributed by atoms with Gasteiger partial charge in [-0.05, 0) is 48.6 Å². The molecule has 1 N–H and O–H groups in total. The molecular weight excluding hydrogens is 290 g/mol. The number of benzene rings is 2. The van der Waals surface area contributed by atoms with E-state index in [1.165, 1.54) is 0 Å². The Morgan fingerprint density at radius 1 is 1.25 bits per heavy atom. The minimum Gasteiger partial charge on any atom is -0.322 e. The molecule has 2 nitrogen and oxygen atoms in total. The molecule has 2 rings (SSSR count). The average molecular weight is 306 g/mol. The third-order valence-corrected chi connectivity index (χ3v) is 4.06. The summed E-state index contributed by atoms with van der Waals surface area (Å²) in [6, 6.07) is 13.1. The van der Waals surface area contributed by atoms with Crippen LogP contribution in [0.3, 0.4) is 0 Å². The highest BCUT2D eigenvalue weighted by Crippen LogP contribution is 2.25. The van der Waals surface area contributed by atoms with Crippen LogP contribution >= 0.6 is 23.4 Å². The van der Waals surface area contributed by atoms with E-state index >= 15 is 0 Å². The van der Waals surface area contributed by atoms with Gasteiger partial charge in [0.25, 0.3) is 5.91 Å². The Hall–Kier alpha value is -1.45. The minimum absolute atomic E-state index is 0.0908. The Balaban J connectivity index is 2.24. The largest absolute Gasteiger partial charge is 0.322 e. The average Bonchev–Trinajstić information content (AvgIpc) is 2.43. The van der Waals surface area contributed by atoms with Gasteiger partial charge in [0, 0.05) is 15.6 Å². The third kappa shape index (κ3) is 3.56. The molecule has 0 aliphatic carbocycles. The number of thioether (sulfide) groups is 1. The maximum atomic E-state index is 12.4. The number of rotatable bonds is 4. The van der Waals surface area contributed by atoms with Gasteiger partial charge in [-0.2, -0.15) is 0 Å². The van der Waals surface area contributed by atoms with Crippen LogP contribution in [0.4, 0.5) is 5.69 Å². The van der Waals surface area contributed by atoms with E-state index in [0.29, 0.717) is 10.6 Å². The number of hydrogen-bond donors (Lipinski definition) is 1. The number of carbonyl (C=O) groups excluding carboxylic acids is 1. The van der Waals surface area contributed by atoms with Gasteiger partial charge in [-0.3, -0.25) is 4.79 Å². The summed E-state index contributed by atoms with van der Waals surface area (Å²) in [5, 5.41) is 3.61. The van der Waals surface area contributed by atoms with Crippen molar-refractivity contribution in [3.05, 3.63) is 58.6 Å². The fourth-order valence-corrected chi connectivity index (χ4v) is 2.92. The molecule has 0 aliphatic rings. The highest BCUT2D eigenvalue weighted by molar-refractivity contribution is 7.99. The van der Waals surface area contributed by atoms with E-state index in [4.69, 9.17) is 11.6 Å². The molecule has 0 radical (unpaired) electrons. The van der Waals surface area contributed by atoms with E-state index in [2.05, 4.69) is 12.2 Å². The normalized spacial score (nSPS) is 10.3. The highest BCUT2D eigenvalue weighted by Gasteiger charge is 2.12. The van der Waals surface area contributed by atoms with Crippen molar-refractivity contribution in [2.75, 3.05) is 11.1 Å². The number of anilines is 1. The second-order valence-corrected chi connectivity index (χ2v) is 6.08. The van der Waals surface area contributed by atoms with Crippen molar-refractivity contribution >= 4 is 35.0 Å². The molecule has 20 heavy (non-hydrogen) atoms. The zero-order chi connectivity index (χ0) is 14.5. The van der Waals surface area contributed by atoms with Crippen LogP contribution in [-0.4, -0.2) is 11.7 Å². The van der Waals surface area contributed by atoms with Crippen LogP contribution in [0.5, 0.6) is 0 Å². The fourth-order valence-electron chi connectivity index (χ4n) is 1.89. The van der Waals surface area contributed by atoms with Gasteiger partial charge in [-0.1, -0.05) is 30.7 Å². The molecule has 0 bridgehead atoms. The van der Waals surface area contributed by atoms with Crippen LogP contribution in [0.15, 0.2) is 47.4 Å². The molecule has 0 heterocycles. The first-order valence-electron chi connectivity index (χ1n) is 6.41. The van der Waals surface area contributed by atoms with E-state index in [-0.39, 0.29) is 5.91 Å². The van der Waals surface area contributed by atoms with Crippen LogP contribution in [0.1, 0.15) is 22.8 Å². The summed E-state index contributed by atoms with van der Waals surface area (Å²) >= 11 is 7.59. The first kappa shape index (κ1) is 14.9. The second-order valence-electron chi connectivity index (χ2n) is 4.34. The summed E-state index contributed by atoms with van der Waals surface area (Å²) < 4.78 is 0. The first-order chi connectivity index (χ1) is 9.61. The van der Waals surface area contributed by atoms with Crippen LogP contribution in [-0.2, 0) is 0 Å². The van der Waals surface area contributed by atoms with Crippen molar-refractivity contribution in [3.63, 3.8) is 0 Å². The van der Waals surface area contributed by atoms with E-state index in [0.717, 1.165) is 21.9 Å². The topological polar surface area (TPSA) is 29.1 Å². The molecule has 0 unspecified atom stereocenters. The van der Waals surface area contributed by atoms with Gasteiger partial charge in [0.2, 0.25) is 0 Å². The molecule has 0 aromatic heterocycles. The van der Waals surface area contributed by atoms with Gasteiger partial charge < -0.3 is 5.32 Å². The van der Waals surface area contributed by atoms with Crippen molar-refractivity contribution in [3.8, 4) is 0 Å². The van der Waals surface area contributed by atoms with Crippen molar-refractivity contribution in [2.24, 2.45) is 0 Å². The maximum Gasteiger partial charge on any atom is 0.256 e. The molecule has 0 saturated heterocycles. The predicted molar refractivity (Wildman–Crippen MR) is 87.0 cm³/mol. The van der Waals surface area contributed by atoms with Gasteiger partial charge in [0.15, 0.2) is 0 Å². The standard InChI is InChI=1S/C16H16ClNOS/c1-3-20-15-7-5-4-6-13(15)16(19)18-14-9-8-12(17)10-11(14)2/h4-10H,3H2,1-2H3,(H,18,19). The van der Waals surface area contributed by atoms with E-state index in [1.54, 1.807) is 17.8 Å². The molecule has 0 saturated carbocycles. The number of halogens is 1. The number of nitrogens with one attached hydrogen (secondary N) is 1. The number of aryl methyl sites for hydroxylation is 1. The lowest BCUT2D eigenvalue weighted by Crippen LogP contribution is -2.13. The number of amides is 1. The zero-order valence-corrected chi connectivity index (χ0v) is 13.0. The highest BCUT2D eigenvalue weighted by atomic mass is 35.5. The lowest BCUT2D eigenvalue weighted by Gasteiger charge is -2.11. The smallest absolute Gasteiger partial charge is 0.256 e. The monoisotopic (exact) mass is 305 g/mol. The molecule has 0 spiro atoms. The lowest BCUT2D eigenvalue weighted by molar-refractivity contribution is 0.102. The van der Waals surface area contributed by atoms with E-state index < -0.39 is 0 Å². The van der Waals surface area contributed by atoms with Gasteiger partial charge in [0.05, 0.1) is 5.56 Å². The molecule has 4 heteroatoms. The van der Waals surface area contributed by atoms with Crippen LogP contribution in [0, 0.1) is 6.92 Å². The van der Waals surface area contributed by atoms with Crippen molar-refractivity contribution in [1.82, 2.24) is 0 Å². The predicted octanol–water partition coefficient (Wildman–Crippen LogP) is 5.01. The number of hydrogen-bond acceptors (Lipinski definition) is 2. The minimum atomic E-state index is -0.0908. The van der Waals surface area contributed by atoms with E-state index in [1.807, 2.05) is 43.3 Å². The SMILES string of the molecule is CCSc1ccccc1C(=O)Nc1ccc(Cl)cc1C. The van der Waals surface area contributed by atoms with Gasteiger partial charge in [-0.15, -0.1) is 11.8 Å². The Kier molecular flexibility index (Phi) is 5.10. The number of carbonyl (C=O) groups is 1. The summed E-state index contributed by atoms with van der Waals surface area (Å²) in [5.74, 6) is 0.844. The molecule has 0 aliphatic heterocycles. The summed E-state index contributed by atoms with van der Waals surface area (Å²) in [6.07, 6.45) is 0. The Morgan fingerprint density at radius 2 is 2.00 bits per heavy atom. The zero-order valence-electron chi connectivity index (χ0n) is 11.4. The van der Waals surface area contributed by atoms with Crippen LogP contribution in [0.2, 0.25) is 5.02 Å². The van der Waals surface area contributed by atoms with Crippen molar-refractivity contribution in [2.45, 2.75) is 18.7 Å². The van der Waals surface area contributed by atoms with Crippen LogP contribution in [0.25, 0.3) is 0 Å². The molecule has 2 aromatic carbocycles. The molecular formula is C16H16ClNOS. The van der Waals surface area contributed by atoms with Crippen molar-refractivity contribution < 1.29 is 4.79 Å². The van der Waals surface area contributed by atoms with Crippen molar-refractivity contribution in [1.29, 1.82) is 0 Å². The Labute approximate surface area is 128 Å². The third-order valence-electron chi connectivity index (χ3n) is 2.87. The quantitative estimate of drug-likeness (QED) is 0.804. The molecule has 1 amide bonds. The lowest BCUT2D eigenvalue weighted by atomic mass is 10.1. The summed E-state index contributed by atoms with van der Waals surface area (Å²) in [6.45, 7) is 4.00. The summed E-state index contributed by atoms with van der Waals surface area (Å²) in [5.41, 5.74) is 2.44. The summed E-state index contributed by atoms with van der Waals surface area (Å²) in [4.78, 5) is 13.4. The fraction of sp³-hybridized carbons (Fsp3) is 0.188. The Morgan fingerprint density at radius 3 is 2.70 bits per heavy atom. The maximum absolute atomic E-state index is 12.4. The van der Waals surface area contributed by atoms with E-state index in [9.17, 15) is 4.79 Å².